The summed E-state index contributed by atoms with van der Waals surface area (Å²) in [5.74, 6) is 4.94. The molecule has 0 saturated carbocycles. The Morgan fingerprint density at radius 3 is 2.35 bits per heavy atom. The van der Waals surface area contributed by atoms with Crippen molar-refractivity contribution in [2.24, 2.45) is 7.05 Å². The van der Waals surface area contributed by atoms with E-state index in [0.717, 1.165) is 10.1 Å². The van der Waals surface area contributed by atoms with Gasteiger partial charge in [0, 0.05) is 25.6 Å². The minimum Gasteiger partial charge on any atom is -0.478 e. The van der Waals surface area contributed by atoms with Crippen LogP contribution in [0.25, 0.3) is 10.2 Å². The van der Waals surface area contributed by atoms with E-state index >= 15 is 0 Å². The summed E-state index contributed by atoms with van der Waals surface area (Å²) in [6.45, 7) is 0.0123. The van der Waals surface area contributed by atoms with Crippen molar-refractivity contribution in [3.63, 3.8) is 0 Å². The Kier molecular flexibility index (Phi) is 6.12. The first kappa shape index (κ1) is 22.7. The van der Waals surface area contributed by atoms with Crippen LogP contribution in [0.2, 0.25) is 0 Å². The molecule has 0 radical (unpaired) electrons. The summed E-state index contributed by atoms with van der Waals surface area (Å²) in [7, 11) is 1.58. The van der Waals surface area contributed by atoms with Crippen LogP contribution in [0, 0.1) is 22.0 Å². The molecule has 9 nitrogen and oxygen atoms in total. The zero-order valence-electron chi connectivity index (χ0n) is 17.8. The Labute approximate surface area is 196 Å². The number of aromatic nitrogens is 2. The quantitative estimate of drug-likeness (QED) is 0.269. The number of fused-ring (bicyclic) bond motifs is 1. The molecular formula is C24H17N3O6S. The van der Waals surface area contributed by atoms with Crippen molar-refractivity contribution >= 4 is 33.2 Å². The van der Waals surface area contributed by atoms with Gasteiger partial charge in [0.1, 0.15) is 4.83 Å². The first-order chi connectivity index (χ1) is 16.2. The van der Waals surface area contributed by atoms with Gasteiger partial charge in [0.25, 0.3) is 11.2 Å². The number of hydrogen-bond acceptors (Lipinski definition) is 6. The summed E-state index contributed by atoms with van der Waals surface area (Å²) in [4.78, 5) is 48.3. The zero-order valence-corrected chi connectivity index (χ0v) is 18.7. The van der Waals surface area contributed by atoms with E-state index in [9.17, 15) is 24.5 Å². The van der Waals surface area contributed by atoms with E-state index in [1.165, 1.54) is 40.2 Å². The topological polar surface area (TPSA) is 124 Å². The number of hydrogen-bond donors (Lipinski definition) is 1. The van der Waals surface area contributed by atoms with Crippen molar-refractivity contribution in [2.45, 2.75) is 13.0 Å². The number of carbonyl (C=O) groups is 1. The van der Waals surface area contributed by atoms with Gasteiger partial charge in [0.05, 0.1) is 27.3 Å². The number of nitro groups is 1. The molecule has 0 saturated heterocycles. The van der Waals surface area contributed by atoms with Crippen LogP contribution in [-0.2, 0) is 20.0 Å². The highest BCUT2D eigenvalue weighted by molar-refractivity contribution is 7.19. The number of nitro benzene ring substituents is 1. The van der Waals surface area contributed by atoms with E-state index in [-0.39, 0.29) is 17.8 Å². The molecule has 0 unspecified atom stereocenters. The molecule has 0 atom stereocenters. The second-order valence-electron chi connectivity index (χ2n) is 7.47. The lowest BCUT2D eigenvalue weighted by atomic mass is 10.1. The fourth-order valence-corrected chi connectivity index (χ4v) is 4.37. The first-order valence-corrected chi connectivity index (χ1v) is 10.8. The number of aryl methyl sites for hydroxylation is 1. The van der Waals surface area contributed by atoms with Crippen molar-refractivity contribution < 1.29 is 14.8 Å². The molecule has 0 aliphatic heterocycles. The fraction of sp³-hybridized carbons (Fsp3) is 0.125. The summed E-state index contributed by atoms with van der Waals surface area (Å²) in [6, 6.07) is 13.8. The normalized spacial score (nSPS) is 10.6. The van der Waals surface area contributed by atoms with Gasteiger partial charge in [0.2, 0.25) is 0 Å². The molecule has 0 amide bonds. The minimum atomic E-state index is -1.05. The lowest BCUT2D eigenvalue weighted by Crippen LogP contribution is -2.38. The molecule has 4 rings (SSSR count). The van der Waals surface area contributed by atoms with E-state index in [4.69, 9.17) is 5.11 Å². The van der Waals surface area contributed by atoms with Gasteiger partial charge in [0.15, 0.2) is 0 Å². The number of thiophene rings is 1. The van der Waals surface area contributed by atoms with Crippen LogP contribution in [0.4, 0.5) is 5.69 Å². The maximum Gasteiger partial charge on any atom is 0.335 e. The van der Waals surface area contributed by atoms with Crippen molar-refractivity contribution in [3.05, 3.63) is 107 Å². The minimum absolute atomic E-state index is 0.0104. The van der Waals surface area contributed by atoms with E-state index in [2.05, 4.69) is 11.8 Å². The molecular weight excluding hydrogens is 458 g/mol. The van der Waals surface area contributed by atoms with Crippen LogP contribution in [0.15, 0.2) is 64.2 Å². The smallest absolute Gasteiger partial charge is 0.335 e. The molecule has 2 heterocycles. The third-order valence-electron chi connectivity index (χ3n) is 5.20. The summed E-state index contributed by atoms with van der Waals surface area (Å²) in [6.07, 6.45) is 0.377. The summed E-state index contributed by atoms with van der Waals surface area (Å²) in [5.41, 5.74) is 0.655. The highest BCUT2D eigenvalue weighted by Gasteiger charge is 2.14. The zero-order chi connectivity index (χ0) is 24.4. The highest BCUT2D eigenvalue weighted by atomic mass is 32.1. The molecule has 0 spiro atoms. The SMILES string of the molecule is Cn1c(=O)n(Cc2ccc(C(=O)O)cc2)c(=O)c2cc(C#CCc3ccc([N+](=O)[O-])cc3)sc21. The lowest BCUT2D eigenvalue weighted by molar-refractivity contribution is -0.384. The molecule has 10 heteroatoms. The first-order valence-electron chi connectivity index (χ1n) is 10.0. The van der Waals surface area contributed by atoms with E-state index in [1.807, 2.05) is 0 Å². The van der Waals surface area contributed by atoms with Gasteiger partial charge < -0.3 is 5.11 Å². The number of benzene rings is 2. The molecule has 1 N–H and O–H groups in total. The lowest BCUT2D eigenvalue weighted by Gasteiger charge is -2.08. The number of aromatic carboxylic acids is 1. The van der Waals surface area contributed by atoms with Gasteiger partial charge in [-0.1, -0.05) is 36.1 Å². The van der Waals surface area contributed by atoms with Crippen LogP contribution in [-0.4, -0.2) is 25.1 Å². The summed E-state index contributed by atoms with van der Waals surface area (Å²) in [5, 5.41) is 20.1. The summed E-state index contributed by atoms with van der Waals surface area (Å²) >= 11 is 1.24. The molecule has 4 aromatic rings. The molecule has 0 bridgehead atoms. The predicted molar refractivity (Wildman–Crippen MR) is 128 cm³/mol. The maximum absolute atomic E-state index is 13.0. The van der Waals surface area contributed by atoms with Crippen molar-refractivity contribution in [1.29, 1.82) is 0 Å². The van der Waals surface area contributed by atoms with Crippen LogP contribution < -0.4 is 11.2 Å². The number of nitrogens with zero attached hydrogens (tertiary/aromatic N) is 3. The summed E-state index contributed by atoms with van der Waals surface area (Å²) < 4.78 is 2.51. The van der Waals surface area contributed by atoms with Crippen LogP contribution >= 0.6 is 11.3 Å². The van der Waals surface area contributed by atoms with Crippen LogP contribution in [0.1, 0.15) is 26.4 Å². The Morgan fingerprint density at radius 1 is 1.09 bits per heavy atom. The Balaban J connectivity index is 1.62. The van der Waals surface area contributed by atoms with Crippen molar-refractivity contribution in [1.82, 2.24) is 9.13 Å². The van der Waals surface area contributed by atoms with E-state index in [1.54, 1.807) is 37.4 Å². The van der Waals surface area contributed by atoms with Gasteiger partial charge in [-0.15, -0.1) is 11.3 Å². The largest absolute Gasteiger partial charge is 0.478 e. The Hall–Kier alpha value is -4.49. The van der Waals surface area contributed by atoms with Crippen molar-refractivity contribution in [3.8, 4) is 11.8 Å². The molecule has 170 valence electrons. The van der Waals surface area contributed by atoms with Gasteiger partial charge >= 0.3 is 11.7 Å². The van der Waals surface area contributed by atoms with Gasteiger partial charge in [-0.3, -0.25) is 24.0 Å². The third kappa shape index (κ3) is 4.51. The van der Waals surface area contributed by atoms with E-state index in [0.29, 0.717) is 27.1 Å². The number of non-ortho nitro benzene ring substituents is 1. The molecule has 0 aliphatic rings. The number of carboxylic acid groups (broad SMARTS) is 1. The third-order valence-corrected chi connectivity index (χ3v) is 6.33. The average Bonchev–Trinajstić information content (AvgIpc) is 3.25. The molecule has 0 aliphatic carbocycles. The molecule has 34 heavy (non-hydrogen) atoms. The fourth-order valence-electron chi connectivity index (χ4n) is 3.39. The monoisotopic (exact) mass is 475 g/mol. The van der Waals surface area contributed by atoms with Gasteiger partial charge in [-0.25, -0.2) is 9.59 Å². The number of carboxylic acids is 1. The Bertz CT molecular complexity index is 1600. The predicted octanol–water partition coefficient (Wildman–Crippen LogP) is 3.01. The van der Waals surface area contributed by atoms with Gasteiger partial charge in [-0.2, -0.15) is 0 Å². The van der Waals surface area contributed by atoms with E-state index < -0.39 is 22.1 Å². The standard InChI is InChI=1S/C24H17N3O6S/c1-25-22-20(13-19(34-22)4-2-3-15-7-11-18(12-8-15)27(32)33)21(28)26(24(25)31)14-16-5-9-17(10-6-16)23(29)30/h5-13H,3,14H2,1H3,(H,29,30). The molecule has 2 aromatic heterocycles. The molecule has 2 aromatic carbocycles. The number of rotatable bonds is 5. The van der Waals surface area contributed by atoms with Gasteiger partial charge in [-0.05, 0) is 29.3 Å². The average molecular weight is 475 g/mol. The second-order valence-corrected chi connectivity index (χ2v) is 8.50. The second kappa shape index (κ2) is 9.17. The van der Waals surface area contributed by atoms with Crippen molar-refractivity contribution in [2.75, 3.05) is 0 Å². The molecule has 0 fully saturated rings. The van der Waals surface area contributed by atoms with Crippen LogP contribution in [0.3, 0.4) is 0 Å². The highest BCUT2D eigenvalue weighted by Crippen LogP contribution is 2.21. The Morgan fingerprint density at radius 2 is 1.74 bits per heavy atom. The van der Waals surface area contributed by atoms with Crippen LogP contribution in [0.5, 0.6) is 0 Å². The maximum atomic E-state index is 13.0.